The molecule has 10 heteroatoms. The van der Waals surface area contributed by atoms with Crippen LogP contribution in [0, 0.1) is 21.4 Å². The van der Waals surface area contributed by atoms with Crippen molar-refractivity contribution in [3.63, 3.8) is 0 Å². The molecule has 1 aliphatic heterocycles. The van der Waals surface area contributed by atoms with E-state index in [2.05, 4.69) is 15.5 Å². The highest BCUT2D eigenvalue weighted by Gasteiger charge is 2.19. The molecule has 24 heavy (non-hydrogen) atoms. The minimum Gasteiger partial charge on any atom is -0.376 e. The number of nitro benzene ring substituents is 1. The summed E-state index contributed by atoms with van der Waals surface area (Å²) in [6.07, 6.45) is 2.29. The SMILES string of the molecule is N#Cc1ccc([N+](=O)[O-])c(Sc2nnc(NCC3CCCO3)s2)c1. The highest BCUT2D eigenvalue weighted by Crippen LogP contribution is 2.37. The van der Waals surface area contributed by atoms with Crippen molar-refractivity contribution in [1.29, 1.82) is 5.26 Å². The number of benzene rings is 1. The lowest BCUT2D eigenvalue weighted by atomic mass is 10.2. The van der Waals surface area contributed by atoms with E-state index in [4.69, 9.17) is 10.00 Å². The number of aromatic nitrogens is 2. The Morgan fingerprint density at radius 1 is 1.54 bits per heavy atom. The van der Waals surface area contributed by atoms with Gasteiger partial charge in [-0.2, -0.15) is 5.26 Å². The van der Waals surface area contributed by atoms with Gasteiger partial charge < -0.3 is 10.1 Å². The average Bonchev–Trinajstić information content (AvgIpc) is 3.24. The first-order chi connectivity index (χ1) is 11.7. The summed E-state index contributed by atoms with van der Waals surface area (Å²) >= 11 is 2.45. The predicted octanol–water partition coefficient (Wildman–Crippen LogP) is 3.06. The van der Waals surface area contributed by atoms with Gasteiger partial charge in [0.25, 0.3) is 5.69 Å². The van der Waals surface area contributed by atoms with E-state index in [-0.39, 0.29) is 11.8 Å². The van der Waals surface area contributed by atoms with Crippen LogP contribution in [-0.4, -0.2) is 34.4 Å². The lowest BCUT2D eigenvalue weighted by Gasteiger charge is -2.08. The van der Waals surface area contributed by atoms with E-state index >= 15 is 0 Å². The average molecular weight is 363 g/mol. The van der Waals surface area contributed by atoms with Crippen LogP contribution < -0.4 is 5.32 Å². The second-order valence-corrected chi connectivity index (χ2v) is 7.31. The minimum absolute atomic E-state index is 0.0527. The molecule has 0 amide bonds. The molecule has 3 rings (SSSR count). The number of nitriles is 1. The molecular weight excluding hydrogens is 350 g/mol. The van der Waals surface area contributed by atoms with Gasteiger partial charge in [-0.25, -0.2) is 0 Å². The number of nitrogens with one attached hydrogen (secondary N) is 1. The van der Waals surface area contributed by atoms with Crippen molar-refractivity contribution in [2.45, 2.75) is 28.2 Å². The van der Waals surface area contributed by atoms with Gasteiger partial charge in [0.15, 0.2) is 4.34 Å². The Bertz CT molecular complexity index is 783. The van der Waals surface area contributed by atoms with Crippen LogP contribution in [0.2, 0.25) is 0 Å². The second kappa shape index (κ2) is 7.57. The fourth-order valence-corrected chi connectivity index (χ4v) is 4.10. The van der Waals surface area contributed by atoms with Gasteiger partial charge in [0.2, 0.25) is 5.13 Å². The number of ether oxygens (including phenoxy) is 1. The van der Waals surface area contributed by atoms with Crippen molar-refractivity contribution in [3.05, 3.63) is 33.9 Å². The maximum atomic E-state index is 11.1. The molecule has 1 aromatic carbocycles. The van der Waals surface area contributed by atoms with Gasteiger partial charge in [-0.05, 0) is 36.7 Å². The van der Waals surface area contributed by atoms with Crippen LogP contribution in [0.4, 0.5) is 10.8 Å². The third kappa shape index (κ3) is 4.00. The Hall–Kier alpha value is -2.22. The maximum Gasteiger partial charge on any atom is 0.283 e. The summed E-state index contributed by atoms with van der Waals surface area (Å²) in [5.74, 6) is 0. The first kappa shape index (κ1) is 16.6. The molecule has 1 unspecified atom stereocenters. The lowest BCUT2D eigenvalue weighted by molar-refractivity contribution is -0.387. The largest absolute Gasteiger partial charge is 0.376 e. The van der Waals surface area contributed by atoms with Gasteiger partial charge in [-0.15, -0.1) is 10.2 Å². The standard InChI is InChI=1S/C14H13N5O3S2/c15-7-9-3-4-11(19(20)21)12(6-9)23-14-18-17-13(24-14)16-8-10-2-1-5-22-10/h3-4,6,10H,1-2,5,8H2,(H,16,17). The van der Waals surface area contributed by atoms with E-state index in [0.717, 1.165) is 31.2 Å². The predicted molar refractivity (Wildman–Crippen MR) is 89.3 cm³/mol. The van der Waals surface area contributed by atoms with Crippen molar-refractivity contribution in [1.82, 2.24) is 10.2 Å². The van der Waals surface area contributed by atoms with Crippen LogP contribution >= 0.6 is 23.1 Å². The number of nitrogens with zero attached hydrogens (tertiary/aromatic N) is 4. The summed E-state index contributed by atoms with van der Waals surface area (Å²) in [7, 11) is 0. The third-order valence-electron chi connectivity index (χ3n) is 3.39. The molecule has 0 saturated carbocycles. The van der Waals surface area contributed by atoms with Gasteiger partial charge in [0.1, 0.15) is 0 Å². The monoisotopic (exact) mass is 363 g/mol. The molecule has 1 saturated heterocycles. The zero-order chi connectivity index (χ0) is 16.9. The van der Waals surface area contributed by atoms with Crippen LogP contribution in [0.1, 0.15) is 18.4 Å². The molecular formula is C14H13N5O3S2. The maximum absolute atomic E-state index is 11.1. The molecule has 1 atom stereocenters. The molecule has 1 aromatic heterocycles. The molecule has 1 N–H and O–H groups in total. The number of anilines is 1. The van der Waals surface area contributed by atoms with Crippen LogP contribution in [0.3, 0.4) is 0 Å². The molecule has 1 aliphatic rings. The van der Waals surface area contributed by atoms with Gasteiger partial charge >= 0.3 is 0 Å². The van der Waals surface area contributed by atoms with E-state index < -0.39 is 4.92 Å². The van der Waals surface area contributed by atoms with E-state index in [1.165, 1.54) is 29.5 Å². The summed E-state index contributed by atoms with van der Waals surface area (Å²) in [5.41, 5.74) is 0.312. The molecule has 0 spiro atoms. The lowest BCUT2D eigenvalue weighted by Crippen LogP contribution is -2.18. The zero-order valence-electron chi connectivity index (χ0n) is 12.5. The first-order valence-electron chi connectivity index (χ1n) is 7.21. The molecule has 0 aliphatic carbocycles. The van der Waals surface area contributed by atoms with E-state index in [1.807, 2.05) is 6.07 Å². The highest BCUT2D eigenvalue weighted by molar-refractivity contribution is 8.01. The number of nitro groups is 1. The first-order valence-corrected chi connectivity index (χ1v) is 8.84. The number of hydrogen-bond donors (Lipinski definition) is 1. The fourth-order valence-electron chi connectivity index (χ4n) is 2.24. The number of rotatable bonds is 6. The summed E-state index contributed by atoms with van der Waals surface area (Å²) in [4.78, 5) is 11.0. The van der Waals surface area contributed by atoms with Crippen LogP contribution in [0.15, 0.2) is 27.4 Å². The minimum atomic E-state index is -0.471. The van der Waals surface area contributed by atoms with Crippen molar-refractivity contribution in [2.24, 2.45) is 0 Å². The molecule has 8 nitrogen and oxygen atoms in total. The van der Waals surface area contributed by atoms with Gasteiger partial charge in [0, 0.05) is 19.2 Å². The molecule has 1 fully saturated rings. The molecule has 124 valence electrons. The Labute approximate surface area is 146 Å². The Balaban J connectivity index is 1.70. The van der Waals surface area contributed by atoms with Crippen LogP contribution in [0.25, 0.3) is 0 Å². The topological polar surface area (TPSA) is 114 Å². The van der Waals surface area contributed by atoms with Gasteiger partial charge in [0.05, 0.1) is 27.6 Å². The normalized spacial score (nSPS) is 16.7. The summed E-state index contributed by atoms with van der Waals surface area (Å²) in [6, 6.07) is 6.23. The third-order valence-corrected chi connectivity index (χ3v) is 5.37. The summed E-state index contributed by atoms with van der Waals surface area (Å²) in [5, 5.41) is 32.0. The zero-order valence-corrected chi connectivity index (χ0v) is 14.1. The smallest absolute Gasteiger partial charge is 0.283 e. The van der Waals surface area contributed by atoms with Crippen molar-refractivity contribution in [3.8, 4) is 6.07 Å². The molecule has 2 aromatic rings. The van der Waals surface area contributed by atoms with E-state index in [0.29, 0.717) is 26.5 Å². The molecule has 0 bridgehead atoms. The molecule has 2 heterocycles. The van der Waals surface area contributed by atoms with Crippen LogP contribution in [0.5, 0.6) is 0 Å². The Morgan fingerprint density at radius 3 is 3.12 bits per heavy atom. The Morgan fingerprint density at radius 2 is 2.42 bits per heavy atom. The van der Waals surface area contributed by atoms with E-state index in [1.54, 1.807) is 0 Å². The summed E-state index contributed by atoms with van der Waals surface area (Å²) < 4.78 is 6.10. The van der Waals surface area contributed by atoms with Crippen molar-refractivity contribution < 1.29 is 9.66 Å². The molecule has 0 radical (unpaired) electrons. The van der Waals surface area contributed by atoms with Crippen molar-refractivity contribution in [2.75, 3.05) is 18.5 Å². The van der Waals surface area contributed by atoms with Crippen molar-refractivity contribution >= 4 is 33.9 Å². The Kier molecular flexibility index (Phi) is 5.24. The van der Waals surface area contributed by atoms with Crippen LogP contribution in [-0.2, 0) is 4.74 Å². The van der Waals surface area contributed by atoms with Gasteiger partial charge in [-0.1, -0.05) is 11.3 Å². The fraction of sp³-hybridized carbons (Fsp3) is 0.357. The quantitative estimate of drug-likeness (QED) is 0.615. The second-order valence-electron chi connectivity index (χ2n) is 5.04. The van der Waals surface area contributed by atoms with E-state index in [9.17, 15) is 10.1 Å². The highest BCUT2D eigenvalue weighted by atomic mass is 32.2. The van der Waals surface area contributed by atoms with Gasteiger partial charge in [-0.3, -0.25) is 10.1 Å². The number of hydrogen-bond acceptors (Lipinski definition) is 9. The summed E-state index contributed by atoms with van der Waals surface area (Å²) in [6.45, 7) is 1.46.